The van der Waals surface area contributed by atoms with Gasteiger partial charge in [0.2, 0.25) is 10.0 Å². The molecule has 0 aliphatic carbocycles. The van der Waals surface area contributed by atoms with Crippen LogP contribution in [-0.4, -0.2) is 15.0 Å². The van der Waals surface area contributed by atoms with Crippen LogP contribution in [0.25, 0.3) is 0 Å². The predicted molar refractivity (Wildman–Crippen MR) is 57.6 cm³/mol. The van der Waals surface area contributed by atoms with E-state index in [-0.39, 0.29) is 0 Å². The fourth-order valence-electron chi connectivity index (χ4n) is 0.825. The van der Waals surface area contributed by atoms with Gasteiger partial charge < -0.3 is 0 Å². The molecule has 0 amide bonds. The van der Waals surface area contributed by atoms with Gasteiger partial charge in [0.05, 0.1) is 3.79 Å². The number of nitrogens with one attached hydrogen (secondary N) is 1. The second-order valence-corrected chi connectivity index (χ2v) is 6.89. The van der Waals surface area contributed by atoms with Crippen LogP contribution in [0.4, 0.5) is 0 Å². The summed E-state index contributed by atoms with van der Waals surface area (Å²) in [6.07, 6.45) is 0. The Hall–Kier alpha value is 0.0900. The van der Waals surface area contributed by atoms with Gasteiger partial charge in [-0.1, -0.05) is 6.92 Å². The Morgan fingerprint density at radius 3 is 2.62 bits per heavy atom. The molecule has 0 atom stereocenters. The molecule has 13 heavy (non-hydrogen) atoms. The van der Waals surface area contributed by atoms with Gasteiger partial charge in [0, 0.05) is 6.54 Å². The highest BCUT2D eigenvalue weighted by molar-refractivity contribution is 9.11. The minimum Gasteiger partial charge on any atom is -0.211 e. The van der Waals surface area contributed by atoms with Gasteiger partial charge in [0.15, 0.2) is 0 Å². The summed E-state index contributed by atoms with van der Waals surface area (Å²) >= 11 is 4.51. The summed E-state index contributed by atoms with van der Waals surface area (Å²) < 4.78 is 26.6. The predicted octanol–water partition coefficient (Wildman–Crippen LogP) is 2.12. The zero-order valence-electron chi connectivity index (χ0n) is 7.30. The Kier molecular flexibility index (Phi) is 3.50. The zero-order valence-corrected chi connectivity index (χ0v) is 10.5. The van der Waals surface area contributed by atoms with E-state index in [4.69, 9.17) is 0 Å². The summed E-state index contributed by atoms with van der Waals surface area (Å²) in [4.78, 5) is 0. The van der Waals surface area contributed by atoms with E-state index in [9.17, 15) is 8.42 Å². The van der Waals surface area contributed by atoms with E-state index in [1.807, 2.05) is 6.92 Å². The molecule has 0 spiro atoms. The number of hydrogen-bond donors (Lipinski definition) is 1. The van der Waals surface area contributed by atoms with Crippen molar-refractivity contribution >= 4 is 37.3 Å². The van der Waals surface area contributed by atoms with Gasteiger partial charge >= 0.3 is 0 Å². The molecule has 6 heteroatoms. The van der Waals surface area contributed by atoms with Crippen molar-refractivity contribution in [2.75, 3.05) is 6.54 Å². The van der Waals surface area contributed by atoms with Crippen molar-refractivity contribution in [2.24, 2.45) is 0 Å². The molecule has 1 N–H and O–H groups in total. The Morgan fingerprint density at radius 1 is 1.62 bits per heavy atom. The SMILES string of the molecule is CCNS(=O)(=O)c1cc(C)c(Br)s1. The van der Waals surface area contributed by atoms with Crippen LogP contribution >= 0.6 is 27.3 Å². The first-order valence-electron chi connectivity index (χ1n) is 3.73. The monoisotopic (exact) mass is 283 g/mol. The normalized spacial score (nSPS) is 11.9. The summed E-state index contributed by atoms with van der Waals surface area (Å²) in [6, 6.07) is 1.66. The van der Waals surface area contributed by atoms with Crippen LogP contribution in [0.3, 0.4) is 0 Å². The van der Waals surface area contributed by atoms with Gasteiger partial charge in [-0.3, -0.25) is 0 Å². The smallest absolute Gasteiger partial charge is 0.211 e. The number of aryl methyl sites for hydroxylation is 1. The van der Waals surface area contributed by atoms with Crippen molar-refractivity contribution in [2.45, 2.75) is 18.1 Å². The van der Waals surface area contributed by atoms with Gasteiger partial charge in [-0.25, -0.2) is 13.1 Å². The fourth-order valence-corrected chi connectivity index (χ4v) is 4.14. The van der Waals surface area contributed by atoms with E-state index in [1.165, 1.54) is 11.3 Å². The lowest BCUT2D eigenvalue weighted by molar-refractivity contribution is 0.586. The molecule has 0 radical (unpaired) electrons. The standard InChI is InChI=1S/C7H10BrNO2S2/c1-3-9-13(10,11)6-4-5(2)7(8)12-6/h4,9H,3H2,1-2H3. The Balaban J connectivity index is 3.08. The number of thiophene rings is 1. The molecule has 3 nitrogen and oxygen atoms in total. The third-order valence-electron chi connectivity index (χ3n) is 1.43. The number of hydrogen-bond acceptors (Lipinski definition) is 3. The van der Waals surface area contributed by atoms with Crippen LogP contribution < -0.4 is 4.72 Å². The van der Waals surface area contributed by atoms with Crippen molar-refractivity contribution in [3.63, 3.8) is 0 Å². The van der Waals surface area contributed by atoms with Gasteiger partial charge in [-0.15, -0.1) is 11.3 Å². The number of rotatable bonds is 3. The average Bonchev–Trinajstić information content (AvgIpc) is 2.33. The third-order valence-corrected chi connectivity index (χ3v) is 5.59. The molecule has 0 bridgehead atoms. The van der Waals surface area contributed by atoms with Crippen molar-refractivity contribution in [1.29, 1.82) is 0 Å². The largest absolute Gasteiger partial charge is 0.250 e. The molecule has 1 rings (SSSR count). The molecule has 0 fully saturated rings. The first-order chi connectivity index (χ1) is 5.97. The van der Waals surface area contributed by atoms with Gasteiger partial charge in [-0.05, 0) is 34.5 Å². The van der Waals surface area contributed by atoms with E-state index in [0.29, 0.717) is 10.8 Å². The molecule has 0 aromatic carbocycles. The van der Waals surface area contributed by atoms with Crippen LogP contribution in [0.5, 0.6) is 0 Å². The quantitative estimate of drug-likeness (QED) is 0.924. The van der Waals surface area contributed by atoms with E-state index < -0.39 is 10.0 Å². The second kappa shape index (κ2) is 4.08. The first kappa shape index (κ1) is 11.2. The second-order valence-electron chi connectivity index (χ2n) is 2.52. The fraction of sp³-hybridized carbons (Fsp3) is 0.429. The average molecular weight is 284 g/mol. The lowest BCUT2D eigenvalue weighted by Gasteiger charge is -1.99. The Morgan fingerprint density at radius 2 is 2.23 bits per heavy atom. The highest BCUT2D eigenvalue weighted by Gasteiger charge is 2.16. The summed E-state index contributed by atoms with van der Waals surface area (Å²) in [5.41, 5.74) is 0.946. The molecular weight excluding hydrogens is 274 g/mol. The molecule has 1 aromatic rings. The maximum Gasteiger partial charge on any atom is 0.250 e. The highest BCUT2D eigenvalue weighted by Crippen LogP contribution is 2.30. The summed E-state index contributed by atoms with van der Waals surface area (Å²) in [6.45, 7) is 4.04. The Labute approximate surface area is 90.3 Å². The van der Waals surface area contributed by atoms with Crippen molar-refractivity contribution in [3.05, 3.63) is 15.4 Å². The number of halogens is 1. The van der Waals surface area contributed by atoms with E-state index in [2.05, 4.69) is 20.7 Å². The summed E-state index contributed by atoms with van der Waals surface area (Å²) in [7, 11) is -3.27. The van der Waals surface area contributed by atoms with Gasteiger partial charge in [0.25, 0.3) is 0 Å². The molecule has 1 heterocycles. The first-order valence-corrected chi connectivity index (χ1v) is 6.82. The summed E-state index contributed by atoms with van der Waals surface area (Å²) in [5.74, 6) is 0. The zero-order chi connectivity index (χ0) is 10.1. The molecule has 0 saturated carbocycles. The minimum absolute atomic E-state index is 0.360. The lowest BCUT2D eigenvalue weighted by atomic mass is 10.4. The van der Waals surface area contributed by atoms with Crippen molar-refractivity contribution < 1.29 is 8.42 Å². The van der Waals surface area contributed by atoms with E-state index >= 15 is 0 Å². The molecule has 0 aliphatic heterocycles. The molecule has 0 aliphatic rings. The maximum absolute atomic E-state index is 11.5. The molecule has 0 unspecified atom stereocenters. The number of sulfonamides is 1. The minimum atomic E-state index is -3.27. The van der Waals surface area contributed by atoms with Gasteiger partial charge in [-0.2, -0.15) is 0 Å². The van der Waals surface area contributed by atoms with Gasteiger partial charge in [0.1, 0.15) is 4.21 Å². The van der Waals surface area contributed by atoms with Crippen molar-refractivity contribution in [3.8, 4) is 0 Å². The van der Waals surface area contributed by atoms with Crippen LogP contribution in [0.15, 0.2) is 14.1 Å². The van der Waals surface area contributed by atoms with E-state index in [1.54, 1.807) is 13.0 Å². The highest BCUT2D eigenvalue weighted by atomic mass is 79.9. The summed E-state index contributed by atoms with van der Waals surface area (Å²) in [5, 5.41) is 0. The molecule has 0 saturated heterocycles. The Bertz CT molecular complexity index is 377. The van der Waals surface area contributed by atoms with Crippen molar-refractivity contribution in [1.82, 2.24) is 4.72 Å². The van der Waals surface area contributed by atoms with Crippen LogP contribution in [0, 0.1) is 6.92 Å². The topological polar surface area (TPSA) is 46.2 Å². The van der Waals surface area contributed by atoms with Crippen LogP contribution in [0.2, 0.25) is 0 Å². The van der Waals surface area contributed by atoms with Crippen LogP contribution in [0.1, 0.15) is 12.5 Å². The molecule has 74 valence electrons. The van der Waals surface area contributed by atoms with E-state index in [0.717, 1.165) is 9.35 Å². The third kappa shape index (κ3) is 2.52. The lowest BCUT2D eigenvalue weighted by Crippen LogP contribution is -2.22. The maximum atomic E-state index is 11.5. The molecule has 1 aromatic heterocycles. The molecular formula is C7H10BrNO2S2. The van der Waals surface area contributed by atoms with Crippen LogP contribution in [-0.2, 0) is 10.0 Å².